The van der Waals surface area contributed by atoms with Gasteiger partial charge in [-0.2, -0.15) is 11.8 Å². The van der Waals surface area contributed by atoms with E-state index >= 15 is 0 Å². The van der Waals surface area contributed by atoms with Crippen LogP contribution in [0, 0.1) is 0 Å². The van der Waals surface area contributed by atoms with Crippen molar-refractivity contribution < 1.29 is 4.79 Å². The Labute approximate surface area is 132 Å². The number of rotatable bonds is 5. The highest BCUT2D eigenvalue weighted by Crippen LogP contribution is 2.19. The molecule has 1 amide bonds. The zero-order valence-corrected chi connectivity index (χ0v) is 13.0. The molecule has 1 N–H and O–H groups in total. The van der Waals surface area contributed by atoms with Crippen LogP contribution in [0.2, 0.25) is 0 Å². The number of amides is 1. The molecule has 0 saturated heterocycles. The van der Waals surface area contributed by atoms with Crippen molar-refractivity contribution >= 4 is 34.5 Å². The highest BCUT2D eigenvalue weighted by molar-refractivity contribution is 7.97. The van der Waals surface area contributed by atoms with Crippen LogP contribution in [0.25, 0.3) is 11.0 Å². The molecule has 0 bridgehead atoms. The number of para-hydroxylation sites is 2. The Morgan fingerprint density at radius 3 is 2.82 bits per heavy atom. The maximum absolute atomic E-state index is 12.3. The number of thioether (sulfide) groups is 1. The maximum Gasteiger partial charge on any atom is 0.245 e. The van der Waals surface area contributed by atoms with Gasteiger partial charge in [0.1, 0.15) is 18.2 Å². The van der Waals surface area contributed by atoms with E-state index in [1.54, 1.807) is 24.0 Å². The smallest absolute Gasteiger partial charge is 0.245 e. The van der Waals surface area contributed by atoms with Crippen LogP contribution in [0.1, 0.15) is 5.82 Å². The first-order chi connectivity index (χ1) is 10.8. The fraction of sp³-hybridized carbons (Fsp3) is 0.188. The molecule has 0 fully saturated rings. The Morgan fingerprint density at radius 1 is 1.23 bits per heavy atom. The third kappa shape index (κ3) is 3.12. The molecule has 0 atom stereocenters. The zero-order valence-electron chi connectivity index (χ0n) is 12.2. The third-order valence-electron chi connectivity index (χ3n) is 3.24. The van der Waals surface area contributed by atoms with Gasteiger partial charge < -0.3 is 9.88 Å². The lowest BCUT2D eigenvalue weighted by Gasteiger charge is -2.09. The number of benzene rings is 1. The van der Waals surface area contributed by atoms with Crippen LogP contribution in [0.3, 0.4) is 0 Å². The summed E-state index contributed by atoms with van der Waals surface area (Å²) < 4.78 is 1.96. The molecular weight excluding hydrogens is 296 g/mol. The summed E-state index contributed by atoms with van der Waals surface area (Å²) in [5.74, 6) is 2.13. The van der Waals surface area contributed by atoms with E-state index in [0.717, 1.165) is 22.6 Å². The van der Waals surface area contributed by atoms with Crippen molar-refractivity contribution in [3.8, 4) is 0 Å². The van der Waals surface area contributed by atoms with E-state index in [2.05, 4.69) is 15.3 Å². The number of hydrogen-bond acceptors (Lipinski definition) is 4. The summed E-state index contributed by atoms with van der Waals surface area (Å²) in [6.45, 7) is 0.229. The third-order valence-corrected chi connectivity index (χ3v) is 3.79. The van der Waals surface area contributed by atoms with Gasteiger partial charge in [0.05, 0.1) is 16.8 Å². The molecule has 5 nitrogen and oxygen atoms in total. The van der Waals surface area contributed by atoms with Crippen molar-refractivity contribution in [1.82, 2.24) is 14.5 Å². The van der Waals surface area contributed by atoms with Gasteiger partial charge in [0.25, 0.3) is 0 Å². The Balaban J connectivity index is 1.86. The van der Waals surface area contributed by atoms with E-state index < -0.39 is 0 Å². The summed E-state index contributed by atoms with van der Waals surface area (Å²) >= 11 is 1.69. The molecule has 22 heavy (non-hydrogen) atoms. The average molecular weight is 312 g/mol. The van der Waals surface area contributed by atoms with Gasteiger partial charge >= 0.3 is 0 Å². The molecule has 2 aromatic heterocycles. The molecule has 0 aliphatic heterocycles. The summed E-state index contributed by atoms with van der Waals surface area (Å²) in [5, 5.41) is 2.81. The van der Waals surface area contributed by atoms with Crippen molar-refractivity contribution in [2.45, 2.75) is 12.3 Å². The van der Waals surface area contributed by atoms with Crippen LogP contribution < -0.4 is 5.32 Å². The predicted octanol–water partition coefficient (Wildman–Crippen LogP) is 2.93. The normalized spacial score (nSPS) is 10.8. The zero-order chi connectivity index (χ0) is 15.4. The van der Waals surface area contributed by atoms with Crippen LogP contribution in [0.5, 0.6) is 0 Å². The Bertz CT molecular complexity index is 785. The minimum Gasteiger partial charge on any atom is -0.318 e. The minimum atomic E-state index is -0.107. The number of carbonyl (C=O) groups excluding carboxylic acids is 1. The SMILES string of the molecule is CSCc1nc2ccccc2n1CC(=O)Nc1ccccn1. The van der Waals surface area contributed by atoms with E-state index in [9.17, 15) is 4.79 Å². The van der Waals surface area contributed by atoms with E-state index in [-0.39, 0.29) is 12.5 Å². The molecule has 0 saturated carbocycles. The summed E-state index contributed by atoms with van der Waals surface area (Å²) in [6.07, 6.45) is 3.68. The van der Waals surface area contributed by atoms with Crippen LogP contribution in [0.4, 0.5) is 5.82 Å². The van der Waals surface area contributed by atoms with Gasteiger partial charge in [-0.05, 0) is 30.5 Å². The first-order valence-electron chi connectivity index (χ1n) is 6.92. The van der Waals surface area contributed by atoms with Gasteiger partial charge in [-0.15, -0.1) is 0 Å². The molecule has 0 radical (unpaired) electrons. The molecule has 3 aromatic rings. The van der Waals surface area contributed by atoms with Crippen molar-refractivity contribution in [2.75, 3.05) is 11.6 Å². The van der Waals surface area contributed by atoms with Crippen molar-refractivity contribution in [2.24, 2.45) is 0 Å². The second-order valence-electron chi connectivity index (χ2n) is 4.80. The van der Waals surface area contributed by atoms with E-state index in [1.807, 2.05) is 47.2 Å². The lowest BCUT2D eigenvalue weighted by molar-refractivity contribution is -0.116. The molecule has 2 heterocycles. The van der Waals surface area contributed by atoms with E-state index in [1.165, 1.54) is 0 Å². The van der Waals surface area contributed by atoms with Crippen molar-refractivity contribution in [3.05, 3.63) is 54.5 Å². The number of fused-ring (bicyclic) bond motifs is 1. The van der Waals surface area contributed by atoms with Gasteiger partial charge in [-0.3, -0.25) is 4.79 Å². The molecule has 1 aromatic carbocycles. The van der Waals surface area contributed by atoms with E-state index in [4.69, 9.17) is 0 Å². The molecule has 3 rings (SSSR count). The van der Waals surface area contributed by atoms with Gasteiger partial charge in [-0.25, -0.2) is 9.97 Å². The molecule has 6 heteroatoms. The number of nitrogens with zero attached hydrogens (tertiary/aromatic N) is 3. The first-order valence-corrected chi connectivity index (χ1v) is 8.31. The fourth-order valence-corrected chi connectivity index (χ4v) is 2.78. The second-order valence-corrected chi connectivity index (χ2v) is 5.67. The predicted molar refractivity (Wildman–Crippen MR) is 89.8 cm³/mol. The molecule has 0 spiro atoms. The van der Waals surface area contributed by atoms with Gasteiger partial charge in [0, 0.05) is 6.20 Å². The first kappa shape index (κ1) is 14.6. The lowest BCUT2D eigenvalue weighted by atomic mass is 10.3. The quantitative estimate of drug-likeness (QED) is 0.787. The van der Waals surface area contributed by atoms with Crippen molar-refractivity contribution in [1.29, 1.82) is 0 Å². The monoisotopic (exact) mass is 312 g/mol. The minimum absolute atomic E-state index is 0.107. The molecule has 112 valence electrons. The fourth-order valence-electron chi connectivity index (χ4n) is 2.30. The highest BCUT2D eigenvalue weighted by Gasteiger charge is 2.13. The summed E-state index contributed by atoms with van der Waals surface area (Å²) in [4.78, 5) is 21.0. The number of anilines is 1. The molecule has 0 aliphatic rings. The van der Waals surface area contributed by atoms with Crippen molar-refractivity contribution in [3.63, 3.8) is 0 Å². The molecule has 0 aliphatic carbocycles. The Morgan fingerprint density at radius 2 is 2.05 bits per heavy atom. The number of imidazole rings is 1. The van der Waals surface area contributed by atoms with Gasteiger partial charge in [0.15, 0.2) is 0 Å². The highest BCUT2D eigenvalue weighted by atomic mass is 32.2. The number of hydrogen-bond donors (Lipinski definition) is 1. The number of aromatic nitrogens is 3. The van der Waals surface area contributed by atoms with E-state index in [0.29, 0.717) is 5.82 Å². The standard InChI is InChI=1S/C16H16N4OS/c1-22-11-15-18-12-6-2-3-7-13(12)20(15)10-16(21)19-14-8-4-5-9-17-14/h2-9H,10-11H2,1H3,(H,17,19,21). The molecule has 0 unspecified atom stereocenters. The Hall–Kier alpha value is -2.34. The lowest BCUT2D eigenvalue weighted by Crippen LogP contribution is -2.20. The van der Waals surface area contributed by atoms with Gasteiger partial charge in [0.2, 0.25) is 5.91 Å². The Kier molecular flexibility index (Phi) is 4.39. The summed E-state index contributed by atoms with van der Waals surface area (Å²) in [6, 6.07) is 13.3. The largest absolute Gasteiger partial charge is 0.318 e. The average Bonchev–Trinajstić information content (AvgIpc) is 2.86. The number of pyridine rings is 1. The number of nitrogens with one attached hydrogen (secondary N) is 1. The van der Waals surface area contributed by atoms with Crippen LogP contribution in [-0.4, -0.2) is 26.7 Å². The van der Waals surface area contributed by atoms with Crippen LogP contribution in [-0.2, 0) is 17.1 Å². The van der Waals surface area contributed by atoms with Crippen LogP contribution in [0.15, 0.2) is 48.7 Å². The number of carbonyl (C=O) groups is 1. The topological polar surface area (TPSA) is 59.8 Å². The molecular formula is C16H16N4OS. The van der Waals surface area contributed by atoms with Crippen LogP contribution >= 0.6 is 11.8 Å². The second kappa shape index (κ2) is 6.62. The maximum atomic E-state index is 12.3. The van der Waals surface area contributed by atoms with Gasteiger partial charge in [-0.1, -0.05) is 18.2 Å². The summed E-state index contributed by atoms with van der Waals surface area (Å²) in [5.41, 5.74) is 1.89. The summed E-state index contributed by atoms with van der Waals surface area (Å²) in [7, 11) is 0.